The highest BCUT2D eigenvalue weighted by Crippen LogP contribution is 2.45. The molecule has 3 aromatic rings. The number of amides is 1. The molecule has 3 heterocycles. The Morgan fingerprint density at radius 1 is 1.17 bits per heavy atom. The molecule has 7 heteroatoms. The van der Waals surface area contributed by atoms with E-state index in [9.17, 15) is 9.18 Å². The Hall–Kier alpha value is -3.35. The van der Waals surface area contributed by atoms with E-state index in [0.29, 0.717) is 28.8 Å². The molecule has 0 saturated carbocycles. The summed E-state index contributed by atoms with van der Waals surface area (Å²) in [5.74, 6) is 1.13. The quantitative estimate of drug-likeness (QED) is 0.721. The lowest BCUT2D eigenvalue weighted by Crippen LogP contribution is -2.29. The van der Waals surface area contributed by atoms with Gasteiger partial charge in [0, 0.05) is 23.0 Å². The first-order valence-corrected chi connectivity index (χ1v) is 9.58. The van der Waals surface area contributed by atoms with Gasteiger partial charge in [-0.1, -0.05) is 26.0 Å². The second-order valence-corrected chi connectivity index (χ2v) is 7.73. The number of carbonyl (C=O) groups excluding carboxylic acids is 1. The van der Waals surface area contributed by atoms with E-state index in [1.165, 1.54) is 12.1 Å². The van der Waals surface area contributed by atoms with Crippen molar-refractivity contribution in [2.24, 2.45) is 5.92 Å². The summed E-state index contributed by atoms with van der Waals surface area (Å²) in [6, 6.07) is 11.3. The zero-order valence-electron chi connectivity index (χ0n) is 16.1. The minimum Gasteiger partial charge on any atom is -0.454 e. The number of rotatable bonds is 4. The first kappa shape index (κ1) is 17.7. The lowest BCUT2D eigenvalue weighted by atomic mass is 9.95. The van der Waals surface area contributed by atoms with Crippen LogP contribution in [0.4, 0.5) is 10.1 Å². The van der Waals surface area contributed by atoms with Crippen molar-refractivity contribution in [2.45, 2.75) is 26.3 Å². The molecule has 0 bridgehead atoms. The third kappa shape index (κ3) is 2.85. The Morgan fingerprint density at radius 2 is 1.93 bits per heavy atom. The van der Waals surface area contributed by atoms with E-state index >= 15 is 0 Å². The van der Waals surface area contributed by atoms with Crippen LogP contribution >= 0.6 is 0 Å². The third-order valence-corrected chi connectivity index (χ3v) is 5.27. The van der Waals surface area contributed by atoms with Crippen LogP contribution in [0.2, 0.25) is 0 Å². The average molecular weight is 393 g/mol. The number of ether oxygens (including phenoxy) is 2. The van der Waals surface area contributed by atoms with Gasteiger partial charge in [-0.05, 0) is 42.2 Å². The number of nitrogens with one attached hydrogen (secondary N) is 1. The first-order chi connectivity index (χ1) is 14.0. The van der Waals surface area contributed by atoms with E-state index in [0.717, 1.165) is 23.2 Å². The third-order valence-electron chi connectivity index (χ3n) is 5.27. The maximum atomic E-state index is 13.6. The summed E-state index contributed by atoms with van der Waals surface area (Å²) in [6.45, 7) is 4.40. The van der Waals surface area contributed by atoms with Crippen LogP contribution in [0.25, 0.3) is 0 Å². The summed E-state index contributed by atoms with van der Waals surface area (Å²) in [7, 11) is 0. The Kier molecular flexibility index (Phi) is 4.04. The molecule has 0 saturated heterocycles. The standard InChI is InChI=1S/C22H20FN3O3/c1-12(2)9-16-19-20(25-24-16)22(27)26(21(19)13-3-5-14(23)6-4-13)15-7-8-17-18(10-15)29-11-28-17/h3-8,10,12,21H,9,11H2,1-2H3,(H,24,25). The van der Waals surface area contributed by atoms with Crippen LogP contribution in [0.1, 0.15) is 47.2 Å². The molecule has 1 atom stereocenters. The predicted octanol–water partition coefficient (Wildman–Crippen LogP) is 4.23. The van der Waals surface area contributed by atoms with Gasteiger partial charge >= 0.3 is 0 Å². The van der Waals surface area contributed by atoms with Gasteiger partial charge in [0.05, 0.1) is 6.04 Å². The molecule has 1 unspecified atom stereocenters. The zero-order valence-corrected chi connectivity index (χ0v) is 16.1. The molecule has 0 fully saturated rings. The lowest BCUT2D eigenvalue weighted by Gasteiger charge is -2.27. The number of nitrogens with zero attached hydrogens (tertiary/aromatic N) is 2. The average Bonchev–Trinajstić information content (AvgIpc) is 3.38. The molecular formula is C22H20FN3O3. The molecule has 0 spiro atoms. The van der Waals surface area contributed by atoms with Crippen molar-refractivity contribution in [2.75, 3.05) is 11.7 Å². The number of carbonyl (C=O) groups is 1. The molecule has 1 amide bonds. The molecule has 2 aromatic carbocycles. The van der Waals surface area contributed by atoms with Gasteiger partial charge in [0.25, 0.3) is 5.91 Å². The van der Waals surface area contributed by atoms with Gasteiger partial charge in [-0.25, -0.2) is 4.39 Å². The fourth-order valence-corrected chi connectivity index (χ4v) is 4.03. The van der Waals surface area contributed by atoms with Crippen molar-refractivity contribution < 1.29 is 18.7 Å². The highest BCUT2D eigenvalue weighted by Gasteiger charge is 2.43. The highest BCUT2D eigenvalue weighted by molar-refractivity contribution is 6.10. The number of aromatic amines is 1. The number of hydrogen-bond donors (Lipinski definition) is 1. The van der Waals surface area contributed by atoms with Crippen LogP contribution < -0.4 is 14.4 Å². The first-order valence-electron chi connectivity index (χ1n) is 9.58. The van der Waals surface area contributed by atoms with Crippen LogP contribution in [0.3, 0.4) is 0 Å². The number of hydrogen-bond acceptors (Lipinski definition) is 4. The van der Waals surface area contributed by atoms with Crippen LogP contribution in [0.15, 0.2) is 42.5 Å². The summed E-state index contributed by atoms with van der Waals surface area (Å²) < 4.78 is 24.5. The number of H-pyrrole nitrogens is 1. The second kappa shape index (κ2) is 6.62. The largest absolute Gasteiger partial charge is 0.454 e. The normalized spacial score (nSPS) is 17.3. The number of fused-ring (bicyclic) bond motifs is 2. The van der Waals surface area contributed by atoms with Crippen LogP contribution in [0, 0.1) is 11.7 Å². The molecule has 148 valence electrons. The van der Waals surface area contributed by atoms with Gasteiger partial charge < -0.3 is 9.47 Å². The van der Waals surface area contributed by atoms with Gasteiger partial charge in [-0.15, -0.1) is 0 Å². The van der Waals surface area contributed by atoms with E-state index in [1.807, 2.05) is 6.07 Å². The molecule has 0 radical (unpaired) electrons. The summed E-state index contributed by atoms with van der Waals surface area (Å²) in [5, 5.41) is 7.37. The maximum absolute atomic E-state index is 13.6. The Labute approximate surface area is 167 Å². The number of halogens is 1. The van der Waals surface area contributed by atoms with Gasteiger partial charge in [0.2, 0.25) is 6.79 Å². The monoisotopic (exact) mass is 393 g/mol. The van der Waals surface area contributed by atoms with Crippen molar-refractivity contribution in [1.29, 1.82) is 0 Å². The molecule has 2 aliphatic rings. The van der Waals surface area contributed by atoms with E-state index in [4.69, 9.17) is 9.47 Å². The van der Waals surface area contributed by atoms with Crippen molar-refractivity contribution >= 4 is 11.6 Å². The van der Waals surface area contributed by atoms with Crippen molar-refractivity contribution in [1.82, 2.24) is 10.2 Å². The lowest BCUT2D eigenvalue weighted by molar-refractivity contribution is 0.0988. The van der Waals surface area contributed by atoms with Crippen molar-refractivity contribution in [3.05, 3.63) is 70.8 Å². The summed E-state index contributed by atoms with van der Waals surface area (Å²) >= 11 is 0. The molecule has 2 aliphatic heterocycles. The molecule has 29 heavy (non-hydrogen) atoms. The summed E-state index contributed by atoms with van der Waals surface area (Å²) in [6.07, 6.45) is 0.766. The summed E-state index contributed by atoms with van der Waals surface area (Å²) in [5.41, 5.74) is 3.70. The molecule has 1 aromatic heterocycles. The number of anilines is 1. The molecular weight excluding hydrogens is 373 g/mol. The van der Waals surface area contributed by atoms with Gasteiger partial charge in [0.1, 0.15) is 5.82 Å². The van der Waals surface area contributed by atoms with E-state index in [1.54, 1.807) is 29.2 Å². The second-order valence-electron chi connectivity index (χ2n) is 7.73. The van der Waals surface area contributed by atoms with Crippen LogP contribution in [-0.2, 0) is 6.42 Å². The highest BCUT2D eigenvalue weighted by atomic mass is 19.1. The van der Waals surface area contributed by atoms with Gasteiger partial charge in [-0.2, -0.15) is 5.10 Å². The van der Waals surface area contributed by atoms with E-state index in [2.05, 4.69) is 24.0 Å². The van der Waals surface area contributed by atoms with Crippen molar-refractivity contribution in [3.63, 3.8) is 0 Å². The minimum absolute atomic E-state index is 0.161. The molecule has 5 rings (SSSR count). The maximum Gasteiger partial charge on any atom is 0.280 e. The zero-order chi connectivity index (χ0) is 20.1. The Morgan fingerprint density at radius 3 is 2.69 bits per heavy atom. The summed E-state index contributed by atoms with van der Waals surface area (Å²) in [4.78, 5) is 15.0. The van der Waals surface area contributed by atoms with E-state index in [-0.39, 0.29) is 18.5 Å². The topological polar surface area (TPSA) is 67.5 Å². The molecule has 1 N–H and O–H groups in total. The van der Waals surface area contributed by atoms with Crippen LogP contribution in [-0.4, -0.2) is 22.9 Å². The SMILES string of the molecule is CC(C)Cc1[nH]nc2c1C(c1ccc(F)cc1)N(c1ccc3c(c1)OCO3)C2=O. The van der Waals surface area contributed by atoms with Gasteiger partial charge in [-0.3, -0.25) is 14.8 Å². The Bertz CT molecular complexity index is 1090. The van der Waals surface area contributed by atoms with Crippen LogP contribution in [0.5, 0.6) is 11.5 Å². The Balaban J connectivity index is 1.66. The molecule has 6 nitrogen and oxygen atoms in total. The number of aromatic nitrogens is 2. The number of benzene rings is 2. The fourth-order valence-electron chi connectivity index (χ4n) is 4.03. The van der Waals surface area contributed by atoms with Gasteiger partial charge in [0.15, 0.2) is 17.2 Å². The smallest absolute Gasteiger partial charge is 0.280 e. The fraction of sp³-hybridized carbons (Fsp3) is 0.273. The van der Waals surface area contributed by atoms with E-state index < -0.39 is 6.04 Å². The molecule has 0 aliphatic carbocycles. The minimum atomic E-state index is -0.397. The predicted molar refractivity (Wildman–Crippen MR) is 105 cm³/mol. The van der Waals surface area contributed by atoms with Crippen molar-refractivity contribution in [3.8, 4) is 11.5 Å².